The maximum Gasteiger partial charge on any atom is 0.339 e. The van der Waals surface area contributed by atoms with Crippen LogP contribution in [0.25, 0.3) is 0 Å². The van der Waals surface area contributed by atoms with Crippen LogP contribution in [0.1, 0.15) is 10.4 Å². The quantitative estimate of drug-likeness (QED) is 0.742. The van der Waals surface area contributed by atoms with Crippen LogP contribution in [-0.4, -0.2) is 18.1 Å². The molecule has 0 radical (unpaired) electrons. The summed E-state index contributed by atoms with van der Waals surface area (Å²) in [5.74, 6) is -1.02. The molecule has 0 aliphatic rings. The second-order valence-electron chi connectivity index (χ2n) is 2.22. The first kappa shape index (κ1) is 8.87. The van der Waals surface area contributed by atoms with Crippen molar-refractivity contribution in [2.75, 3.05) is 12.4 Å². The van der Waals surface area contributed by atoms with Gasteiger partial charge >= 0.3 is 5.97 Å². The molecule has 0 atom stereocenters. The van der Waals surface area contributed by atoms with Gasteiger partial charge in [0.05, 0.1) is 5.02 Å². The summed E-state index contributed by atoms with van der Waals surface area (Å²) >= 11 is 5.68. The van der Waals surface area contributed by atoms with Gasteiger partial charge in [-0.15, -0.1) is 0 Å². The first-order valence-electron chi connectivity index (χ1n) is 3.36. The number of carboxylic acid groups (broad SMARTS) is 1. The van der Waals surface area contributed by atoms with Gasteiger partial charge in [0.1, 0.15) is 5.56 Å². The first-order valence-corrected chi connectivity index (χ1v) is 3.74. The number of aromatic carboxylic acids is 1. The van der Waals surface area contributed by atoms with Gasteiger partial charge in [-0.1, -0.05) is 17.7 Å². The van der Waals surface area contributed by atoms with E-state index in [9.17, 15) is 4.79 Å². The summed E-state index contributed by atoms with van der Waals surface area (Å²) < 4.78 is 0. The van der Waals surface area contributed by atoms with Crippen molar-refractivity contribution >= 4 is 23.3 Å². The Balaban J connectivity index is 3.29. The zero-order chi connectivity index (χ0) is 9.14. The molecule has 1 rings (SSSR count). The summed E-state index contributed by atoms with van der Waals surface area (Å²) in [5.41, 5.74) is 0.636. The summed E-state index contributed by atoms with van der Waals surface area (Å²) in [5, 5.41) is 11.8. The molecule has 0 saturated heterocycles. The molecule has 0 saturated carbocycles. The Labute approximate surface area is 75.0 Å². The Bertz CT molecular complexity index is 312. The van der Waals surface area contributed by atoms with Gasteiger partial charge in [-0.2, -0.15) is 0 Å². The third-order valence-electron chi connectivity index (χ3n) is 1.50. The summed E-state index contributed by atoms with van der Waals surface area (Å²) in [4.78, 5) is 10.7. The van der Waals surface area contributed by atoms with Gasteiger partial charge in [-0.05, 0) is 12.1 Å². The van der Waals surface area contributed by atoms with E-state index in [-0.39, 0.29) is 10.6 Å². The summed E-state index contributed by atoms with van der Waals surface area (Å²) in [6.07, 6.45) is 0. The van der Waals surface area contributed by atoms with E-state index in [1.807, 2.05) is 0 Å². The fourth-order valence-corrected chi connectivity index (χ4v) is 1.21. The molecular formula is C8H8ClNO2. The monoisotopic (exact) mass is 185 g/mol. The summed E-state index contributed by atoms with van der Waals surface area (Å²) in [7, 11) is 1.65. The molecule has 0 heterocycles. The van der Waals surface area contributed by atoms with E-state index < -0.39 is 5.97 Å². The van der Waals surface area contributed by atoms with Gasteiger partial charge in [0.25, 0.3) is 0 Å². The number of anilines is 1. The van der Waals surface area contributed by atoms with Crippen LogP contribution < -0.4 is 5.32 Å². The molecule has 0 aliphatic carbocycles. The van der Waals surface area contributed by atoms with Crippen LogP contribution >= 0.6 is 11.6 Å². The largest absolute Gasteiger partial charge is 0.478 e. The molecule has 3 nitrogen and oxygen atoms in total. The first-order chi connectivity index (χ1) is 5.66. The van der Waals surface area contributed by atoms with Crippen LogP contribution in [0.5, 0.6) is 0 Å². The highest BCUT2D eigenvalue weighted by molar-refractivity contribution is 6.34. The Kier molecular flexibility index (Phi) is 2.55. The predicted molar refractivity (Wildman–Crippen MR) is 48.0 cm³/mol. The zero-order valence-electron chi connectivity index (χ0n) is 6.47. The molecule has 0 spiro atoms. The number of carbonyl (C=O) groups is 1. The maximum atomic E-state index is 10.7. The average Bonchev–Trinajstić information content (AvgIpc) is 2.03. The van der Waals surface area contributed by atoms with Crippen LogP contribution in [0.4, 0.5) is 5.69 Å². The van der Waals surface area contributed by atoms with Crippen molar-refractivity contribution in [1.29, 1.82) is 0 Å². The lowest BCUT2D eigenvalue weighted by Crippen LogP contribution is -2.03. The van der Waals surface area contributed by atoms with Gasteiger partial charge in [0, 0.05) is 12.7 Å². The fourth-order valence-electron chi connectivity index (χ4n) is 0.950. The minimum atomic E-state index is -1.02. The zero-order valence-corrected chi connectivity index (χ0v) is 7.22. The summed E-state index contributed by atoms with van der Waals surface area (Å²) in [6.45, 7) is 0. The molecule has 0 bridgehead atoms. The highest BCUT2D eigenvalue weighted by Crippen LogP contribution is 2.23. The molecule has 0 aromatic heterocycles. The van der Waals surface area contributed by atoms with Gasteiger partial charge in [-0.3, -0.25) is 0 Å². The van der Waals surface area contributed by atoms with Crippen LogP contribution in [0, 0.1) is 0 Å². The molecule has 0 aliphatic heterocycles. The van der Waals surface area contributed by atoms with E-state index in [0.717, 1.165) is 0 Å². The molecule has 4 heteroatoms. The molecule has 0 unspecified atom stereocenters. The number of benzene rings is 1. The molecule has 64 valence electrons. The highest BCUT2D eigenvalue weighted by atomic mass is 35.5. The minimum absolute atomic E-state index is 0.113. The lowest BCUT2D eigenvalue weighted by atomic mass is 10.2. The third-order valence-corrected chi connectivity index (χ3v) is 1.81. The van der Waals surface area contributed by atoms with Gasteiger partial charge in [-0.25, -0.2) is 4.79 Å². The second-order valence-corrected chi connectivity index (χ2v) is 2.62. The van der Waals surface area contributed by atoms with E-state index in [4.69, 9.17) is 16.7 Å². The van der Waals surface area contributed by atoms with Crippen molar-refractivity contribution in [2.45, 2.75) is 0 Å². The number of rotatable bonds is 2. The lowest BCUT2D eigenvalue weighted by Gasteiger charge is -2.05. The van der Waals surface area contributed by atoms with Crippen LogP contribution in [0.15, 0.2) is 18.2 Å². The van der Waals surface area contributed by atoms with E-state index in [1.165, 1.54) is 0 Å². The highest BCUT2D eigenvalue weighted by Gasteiger charge is 2.12. The molecule has 1 aromatic carbocycles. The lowest BCUT2D eigenvalue weighted by molar-refractivity contribution is 0.0698. The van der Waals surface area contributed by atoms with Crippen molar-refractivity contribution in [3.63, 3.8) is 0 Å². The number of halogens is 1. The van der Waals surface area contributed by atoms with Gasteiger partial charge in [0.15, 0.2) is 0 Å². The van der Waals surface area contributed by atoms with Crippen molar-refractivity contribution in [1.82, 2.24) is 0 Å². The SMILES string of the molecule is CNc1cccc(Cl)c1C(=O)O. The van der Waals surface area contributed by atoms with Crippen molar-refractivity contribution < 1.29 is 9.90 Å². The van der Waals surface area contributed by atoms with E-state index in [2.05, 4.69) is 5.32 Å². The Morgan fingerprint density at radius 1 is 1.58 bits per heavy atom. The van der Waals surface area contributed by atoms with E-state index in [1.54, 1.807) is 25.2 Å². The standard InChI is InChI=1S/C8H8ClNO2/c1-10-6-4-2-3-5(9)7(6)8(11)12/h2-4,10H,1H3,(H,11,12). The minimum Gasteiger partial charge on any atom is -0.478 e. The smallest absolute Gasteiger partial charge is 0.339 e. The third kappa shape index (κ3) is 1.51. The molecule has 12 heavy (non-hydrogen) atoms. The van der Waals surface area contributed by atoms with E-state index in [0.29, 0.717) is 5.69 Å². The van der Waals surface area contributed by atoms with Crippen molar-refractivity contribution in [2.24, 2.45) is 0 Å². The number of hydrogen-bond donors (Lipinski definition) is 2. The molecule has 0 fully saturated rings. The molecular weight excluding hydrogens is 178 g/mol. The van der Waals surface area contributed by atoms with Crippen LogP contribution in [0.2, 0.25) is 5.02 Å². The predicted octanol–water partition coefficient (Wildman–Crippen LogP) is 2.08. The Hall–Kier alpha value is -1.22. The molecule has 1 aromatic rings. The Morgan fingerprint density at radius 2 is 2.25 bits per heavy atom. The number of nitrogens with one attached hydrogen (secondary N) is 1. The fraction of sp³-hybridized carbons (Fsp3) is 0.125. The maximum absolute atomic E-state index is 10.7. The topological polar surface area (TPSA) is 49.3 Å². The van der Waals surface area contributed by atoms with Gasteiger partial charge < -0.3 is 10.4 Å². The Morgan fingerprint density at radius 3 is 2.67 bits per heavy atom. The number of carboxylic acids is 1. The van der Waals surface area contributed by atoms with Crippen LogP contribution in [0.3, 0.4) is 0 Å². The number of hydrogen-bond acceptors (Lipinski definition) is 2. The molecule has 0 amide bonds. The van der Waals surface area contributed by atoms with Gasteiger partial charge in [0.2, 0.25) is 0 Å². The average molecular weight is 186 g/mol. The van der Waals surface area contributed by atoms with Crippen LogP contribution in [-0.2, 0) is 0 Å². The van der Waals surface area contributed by atoms with E-state index >= 15 is 0 Å². The second kappa shape index (κ2) is 3.45. The molecule has 2 N–H and O–H groups in total. The van der Waals surface area contributed by atoms with Crippen molar-refractivity contribution in [3.8, 4) is 0 Å². The summed E-state index contributed by atoms with van der Waals surface area (Å²) in [6, 6.07) is 4.90. The van der Waals surface area contributed by atoms with Crippen molar-refractivity contribution in [3.05, 3.63) is 28.8 Å². The normalized spacial score (nSPS) is 9.50.